The minimum absolute atomic E-state index is 0.139. The van der Waals surface area contributed by atoms with Crippen LogP contribution < -0.4 is 0 Å². The molecule has 16 heavy (non-hydrogen) atoms. The van der Waals surface area contributed by atoms with Gasteiger partial charge >= 0.3 is 5.97 Å². The molecule has 4 heteroatoms. The van der Waals surface area contributed by atoms with Crippen molar-refractivity contribution in [2.24, 2.45) is 0 Å². The molecule has 1 aliphatic carbocycles. The average molecular weight is 224 g/mol. The van der Waals surface area contributed by atoms with Crippen molar-refractivity contribution in [3.63, 3.8) is 0 Å². The Balaban J connectivity index is 2.27. The van der Waals surface area contributed by atoms with Gasteiger partial charge in [0, 0.05) is 6.42 Å². The lowest BCUT2D eigenvalue weighted by molar-refractivity contribution is -0.162. The lowest BCUT2D eigenvalue weighted by atomic mass is 9.88. The number of ketones is 1. The summed E-state index contributed by atoms with van der Waals surface area (Å²) in [6, 6.07) is 0. The molecule has 0 aromatic rings. The van der Waals surface area contributed by atoms with E-state index in [2.05, 4.69) is 0 Å². The van der Waals surface area contributed by atoms with Gasteiger partial charge in [-0.2, -0.15) is 0 Å². The number of ether oxygens (including phenoxy) is 1. The summed E-state index contributed by atoms with van der Waals surface area (Å²) in [6.45, 7) is 1.70. The number of carbonyl (C=O) groups excluding carboxylic acids is 2. The predicted octanol–water partition coefficient (Wildman–Crippen LogP) is 2.04. The molecule has 0 unspecified atom stereocenters. The SMILES string of the molecule is CC/C(O)=C1/C(=O)CC2(CCCC2)OC1=O. The zero-order valence-corrected chi connectivity index (χ0v) is 9.41. The van der Waals surface area contributed by atoms with Gasteiger partial charge in [-0.3, -0.25) is 4.79 Å². The molecule has 0 aromatic heterocycles. The third kappa shape index (κ3) is 1.72. The van der Waals surface area contributed by atoms with E-state index in [1.165, 1.54) is 0 Å². The van der Waals surface area contributed by atoms with Crippen LogP contribution in [-0.4, -0.2) is 22.5 Å². The van der Waals surface area contributed by atoms with Gasteiger partial charge < -0.3 is 9.84 Å². The summed E-state index contributed by atoms with van der Waals surface area (Å²) in [5.41, 5.74) is -0.703. The second-order valence-electron chi connectivity index (χ2n) is 4.55. The van der Waals surface area contributed by atoms with E-state index in [4.69, 9.17) is 4.74 Å². The molecule has 2 aliphatic rings. The molecule has 4 nitrogen and oxygen atoms in total. The van der Waals surface area contributed by atoms with Crippen LogP contribution in [0, 0.1) is 0 Å². The zero-order valence-electron chi connectivity index (χ0n) is 9.41. The van der Waals surface area contributed by atoms with Crippen molar-refractivity contribution in [1.29, 1.82) is 0 Å². The summed E-state index contributed by atoms with van der Waals surface area (Å²) >= 11 is 0. The van der Waals surface area contributed by atoms with Crippen LogP contribution in [0.1, 0.15) is 45.4 Å². The fourth-order valence-electron chi connectivity index (χ4n) is 2.53. The molecule has 0 bridgehead atoms. The van der Waals surface area contributed by atoms with E-state index in [1.807, 2.05) is 0 Å². The van der Waals surface area contributed by atoms with E-state index < -0.39 is 11.6 Å². The van der Waals surface area contributed by atoms with E-state index in [1.54, 1.807) is 6.92 Å². The van der Waals surface area contributed by atoms with Crippen LogP contribution in [0.4, 0.5) is 0 Å². The molecule has 1 spiro atoms. The number of esters is 1. The van der Waals surface area contributed by atoms with E-state index in [-0.39, 0.29) is 30.0 Å². The number of hydrogen-bond acceptors (Lipinski definition) is 4. The van der Waals surface area contributed by atoms with Crippen molar-refractivity contribution in [1.82, 2.24) is 0 Å². The standard InChI is InChI=1S/C12H16O4/c1-2-8(13)10-9(14)7-12(16-11(10)15)5-3-4-6-12/h13H,2-7H2,1H3/b10-8+. The van der Waals surface area contributed by atoms with Crippen LogP contribution in [0.2, 0.25) is 0 Å². The molecular formula is C12H16O4. The predicted molar refractivity (Wildman–Crippen MR) is 56.9 cm³/mol. The Labute approximate surface area is 94.3 Å². The molecule has 1 heterocycles. The average Bonchev–Trinajstić information content (AvgIpc) is 2.64. The Kier molecular flexibility index (Phi) is 2.74. The Morgan fingerprint density at radius 2 is 2.00 bits per heavy atom. The van der Waals surface area contributed by atoms with Crippen molar-refractivity contribution in [3.8, 4) is 0 Å². The Hall–Kier alpha value is -1.32. The number of hydrogen-bond donors (Lipinski definition) is 1. The van der Waals surface area contributed by atoms with Crippen molar-refractivity contribution in [3.05, 3.63) is 11.3 Å². The van der Waals surface area contributed by atoms with Gasteiger partial charge in [0.25, 0.3) is 0 Å². The molecule has 2 fully saturated rings. The van der Waals surface area contributed by atoms with Crippen LogP contribution >= 0.6 is 0 Å². The molecule has 0 atom stereocenters. The summed E-state index contributed by atoms with van der Waals surface area (Å²) in [5.74, 6) is -1.06. The molecule has 1 aliphatic heterocycles. The molecule has 0 radical (unpaired) electrons. The van der Waals surface area contributed by atoms with Gasteiger partial charge in [-0.15, -0.1) is 0 Å². The van der Waals surface area contributed by atoms with Crippen LogP contribution in [0.3, 0.4) is 0 Å². The molecule has 2 rings (SSSR count). The molecule has 88 valence electrons. The monoisotopic (exact) mass is 224 g/mol. The van der Waals surface area contributed by atoms with Crippen molar-refractivity contribution >= 4 is 11.8 Å². The summed E-state index contributed by atoms with van der Waals surface area (Å²) in [6.07, 6.45) is 4.05. The maximum Gasteiger partial charge on any atom is 0.345 e. The molecule has 1 N–H and O–H groups in total. The third-order valence-electron chi connectivity index (χ3n) is 3.41. The Morgan fingerprint density at radius 3 is 2.50 bits per heavy atom. The second kappa shape index (κ2) is 3.92. The number of aliphatic hydroxyl groups is 1. The second-order valence-corrected chi connectivity index (χ2v) is 4.55. The van der Waals surface area contributed by atoms with Gasteiger partial charge in [-0.25, -0.2) is 4.79 Å². The highest BCUT2D eigenvalue weighted by atomic mass is 16.6. The van der Waals surface area contributed by atoms with E-state index in [0.717, 1.165) is 25.7 Å². The fourth-order valence-corrected chi connectivity index (χ4v) is 2.53. The third-order valence-corrected chi connectivity index (χ3v) is 3.41. The topological polar surface area (TPSA) is 63.6 Å². The number of allylic oxidation sites excluding steroid dienone is 1. The van der Waals surface area contributed by atoms with Gasteiger partial charge in [0.15, 0.2) is 5.78 Å². The summed E-state index contributed by atoms with van der Waals surface area (Å²) in [7, 11) is 0. The molecule has 1 saturated heterocycles. The smallest absolute Gasteiger partial charge is 0.345 e. The van der Waals surface area contributed by atoms with Gasteiger partial charge in [-0.05, 0) is 25.7 Å². The largest absolute Gasteiger partial charge is 0.511 e. The molecule has 1 saturated carbocycles. The first kappa shape index (κ1) is 11.2. The van der Waals surface area contributed by atoms with Gasteiger partial charge in [0.2, 0.25) is 0 Å². The lowest BCUT2D eigenvalue weighted by Gasteiger charge is -2.33. The summed E-state index contributed by atoms with van der Waals surface area (Å²) in [5, 5.41) is 9.51. The highest BCUT2D eigenvalue weighted by Crippen LogP contribution is 2.40. The maximum atomic E-state index is 11.8. The van der Waals surface area contributed by atoms with E-state index >= 15 is 0 Å². The van der Waals surface area contributed by atoms with E-state index in [0.29, 0.717) is 0 Å². The Bertz CT molecular complexity index is 339. The van der Waals surface area contributed by atoms with Gasteiger partial charge in [0.1, 0.15) is 16.9 Å². The molecular weight excluding hydrogens is 208 g/mol. The van der Waals surface area contributed by atoms with Crippen molar-refractivity contribution in [2.75, 3.05) is 0 Å². The molecule has 0 amide bonds. The van der Waals surface area contributed by atoms with Crippen LogP contribution in [0.25, 0.3) is 0 Å². The normalized spacial score (nSPS) is 27.1. The maximum absolute atomic E-state index is 11.8. The number of rotatable bonds is 1. The van der Waals surface area contributed by atoms with Crippen molar-refractivity contribution < 1.29 is 19.4 Å². The zero-order chi connectivity index (χ0) is 11.8. The first-order valence-corrected chi connectivity index (χ1v) is 5.76. The minimum atomic E-state index is -0.641. The first-order valence-electron chi connectivity index (χ1n) is 5.76. The van der Waals surface area contributed by atoms with Gasteiger partial charge in [-0.1, -0.05) is 6.92 Å². The Morgan fingerprint density at radius 1 is 1.38 bits per heavy atom. The van der Waals surface area contributed by atoms with Gasteiger partial charge in [0.05, 0.1) is 6.42 Å². The highest BCUT2D eigenvalue weighted by Gasteiger charge is 2.46. The number of Topliss-reactive ketones (excluding diaryl/α,β-unsaturated/α-hetero) is 1. The fraction of sp³-hybridized carbons (Fsp3) is 0.667. The van der Waals surface area contributed by atoms with Crippen molar-refractivity contribution in [2.45, 2.75) is 51.0 Å². The van der Waals surface area contributed by atoms with Crippen LogP contribution in [0.15, 0.2) is 11.3 Å². The minimum Gasteiger partial charge on any atom is -0.511 e. The number of carbonyl (C=O) groups is 2. The lowest BCUT2D eigenvalue weighted by Crippen LogP contribution is -2.42. The summed E-state index contributed by atoms with van der Waals surface area (Å²) < 4.78 is 5.36. The summed E-state index contributed by atoms with van der Waals surface area (Å²) in [4.78, 5) is 23.6. The van der Waals surface area contributed by atoms with Crippen LogP contribution in [0.5, 0.6) is 0 Å². The quantitative estimate of drug-likeness (QED) is 0.320. The number of aliphatic hydroxyl groups excluding tert-OH is 1. The highest BCUT2D eigenvalue weighted by molar-refractivity contribution is 6.19. The first-order chi connectivity index (χ1) is 7.58. The molecule has 0 aromatic carbocycles. The van der Waals surface area contributed by atoms with Crippen LogP contribution in [-0.2, 0) is 14.3 Å². The van der Waals surface area contributed by atoms with E-state index in [9.17, 15) is 14.7 Å².